The van der Waals surface area contributed by atoms with Crippen LogP contribution >= 0.6 is 0 Å². The Labute approximate surface area is 133 Å². The topological polar surface area (TPSA) is 66.5 Å². The second-order valence-corrected chi connectivity index (χ2v) is 5.65. The number of carbonyl (C=O) groups is 3. The van der Waals surface area contributed by atoms with Crippen molar-refractivity contribution >= 4 is 23.4 Å². The van der Waals surface area contributed by atoms with Crippen molar-refractivity contribution in [3.63, 3.8) is 0 Å². The Hall–Kier alpha value is -2.95. The van der Waals surface area contributed by atoms with Gasteiger partial charge in [-0.25, -0.2) is 0 Å². The molecule has 0 spiro atoms. The molecule has 3 rings (SSSR count). The molecule has 1 aliphatic rings. The number of hydrogen-bond donors (Lipinski definition) is 1. The van der Waals surface area contributed by atoms with Crippen molar-refractivity contribution in [1.82, 2.24) is 4.90 Å². The first kappa shape index (κ1) is 15.0. The molecule has 0 fully saturated rings. The molecule has 2 aromatic rings. The van der Waals surface area contributed by atoms with Crippen molar-refractivity contribution < 1.29 is 14.4 Å². The Kier molecular flexibility index (Phi) is 3.48. The minimum absolute atomic E-state index is 0.270. The van der Waals surface area contributed by atoms with Crippen molar-refractivity contribution in [2.45, 2.75) is 13.8 Å². The summed E-state index contributed by atoms with van der Waals surface area (Å²) in [4.78, 5) is 37.4. The monoisotopic (exact) mass is 308 g/mol. The van der Waals surface area contributed by atoms with Gasteiger partial charge in [-0.2, -0.15) is 0 Å². The van der Waals surface area contributed by atoms with Crippen molar-refractivity contribution in [3.05, 3.63) is 64.2 Å². The van der Waals surface area contributed by atoms with Crippen LogP contribution in [0.15, 0.2) is 36.4 Å². The number of nitrogens with zero attached hydrogens (tertiary/aromatic N) is 1. The van der Waals surface area contributed by atoms with Crippen LogP contribution in [-0.4, -0.2) is 29.7 Å². The summed E-state index contributed by atoms with van der Waals surface area (Å²) in [6, 6.07) is 10.3. The maximum Gasteiger partial charge on any atom is 0.261 e. The van der Waals surface area contributed by atoms with Crippen molar-refractivity contribution in [2.24, 2.45) is 0 Å². The molecule has 5 nitrogen and oxygen atoms in total. The third-order valence-corrected chi connectivity index (χ3v) is 4.07. The van der Waals surface area contributed by atoms with Crippen LogP contribution in [-0.2, 0) is 0 Å². The lowest BCUT2D eigenvalue weighted by molar-refractivity contribution is 0.0693. The number of anilines is 1. The Balaban J connectivity index is 1.93. The molecule has 0 saturated carbocycles. The van der Waals surface area contributed by atoms with Crippen molar-refractivity contribution in [3.8, 4) is 0 Å². The molecule has 0 radical (unpaired) electrons. The molecule has 0 unspecified atom stereocenters. The second-order valence-electron chi connectivity index (χ2n) is 5.65. The van der Waals surface area contributed by atoms with E-state index in [0.717, 1.165) is 21.7 Å². The summed E-state index contributed by atoms with van der Waals surface area (Å²) in [5, 5.41) is 2.87. The second kappa shape index (κ2) is 5.35. The highest BCUT2D eigenvalue weighted by molar-refractivity contribution is 6.22. The molecule has 23 heavy (non-hydrogen) atoms. The fourth-order valence-electron chi connectivity index (χ4n) is 2.70. The molecule has 2 aromatic carbocycles. The fraction of sp³-hybridized carbons (Fsp3) is 0.167. The first-order valence-corrected chi connectivity index (χ1v) is 7.24. The number of para-hydroxylation sites is 1. The van der Waals surface area contributed by atoms with Gasteiger partial charge in [-0.05, 0) is 43.2 Å². The van der Waals surface area contributed by atoms with Gasteiger partial charge in [0.1, 0.15) is 0 Å². The Morgan fingerprint density at radius 1 is 0.957 bits per heavy atom. The van der Waals surface area contributed by atoms with Crippen molar-refractivity contribution in [2.75, 3.05) is 12.4 Å². The number of carbonyl (C=O) groups excluding carboxylic acids is 3. The first-order chi connectivity index (χ1) is 10.9. The highest BCUT2D eigenvalue weighted by Crippen LogP contribution is 2.24. The number of rotatable bonds is 2. The minimum Gasteiger partial charge on any atom is -0.322 e. The van der Waals surface area contributed by atoms with E-state index in [1.165, 1.54) is 19.2 Å². The van der Waals surface area contributed by atoms with Gasteiger partial charge in [-0.15, -0.1) is 0 Å². The van der Waals surface area contributed by atoms with Gasteiger partial charge in [0.15, 0.2) is 0 Å². The number of fused-ring (bicyclic) bond motifs is 1. The zero-order chi connectivity index (χ0) is 16.7. The Morgan fingerprint density at radius 2 is 1.57 bits per heavy atom. The van der Waals surface area contributed by atoms with Crippen LogP contribution in [0.1, 0.15) is 42.2 Å². The van der Waals surface area contributed by atoms with Gasteiger partial charge in [-0.3, -0.25) is 19.3 Å². The quantitative estimate of drug-likeness (QED) is 0.868. The molecule has 1 aliphatic heterocycles. The van der Waals surface area contributed by atoms with E-state index in [9.17, 15) is 14.4 Å². The summed E-state index contributed by atoms with van der Waals surface area (Å²) < 4.78 is 0. The van der Waals surface area contributed by atoms with Gasteiger partial charge in [0.05, 0.1) is 11.1 Å². The van der Waals surface area contributed by atoms with Gasteiger partial charge in [0.2, 0.25) is 0 Å². The van der Waals surface area contributed by atoms with Crippen LogP contribution < -0.4 is 5.32 Å². The van der Waals surface area contributed by atoms with Crippen LogP contribution in [0, 0.1) is 13.8 Å². The zero-order valence-corrected chi connectivity index (χ0v) is 13.1. The molecule has 0 atom stereocenters. The normalized spacial score (nSPS) is 13.3. The third-order valence-electron chi connectivity index (χ3n) is 4.07. The minimum atomic E-state index is -0.383. The van der Waals surface area contributed by atoms with E-state index in [0.29, 0.717) is 11.1 Å². The third kappa shape index (κ3) is 2.40. The smallest absolute Gasteiger partial charge is 0.261 e. The maximum absolute atomic E-state index is 12.5. The zero-order valence-electron chi connectivity index (χ0n) is 13.1. The number of benzene rings is 2. The molecule has 116 valence electrons. The molecule has 0 saturated heterocycles. The highest BCUT2D eigenvalue weighted by Gasteiger charge is 2.33. The van der Waals surface area contributed by atoms with Gasteiger partial charge in [-0.1, -0.05) is 18.2 Å². The molecule has 1 N–H and O–H groups in total. The SMILES string of the molecule is Cc1cccc(C)c1NC(=O)c1ccc2c(c1)C(=O)N(C)C2=O. The molecule has 3 amide bonds. The molecule has 0 aromatic heterocycles. The van der Waals surface area contributed by atoms with Crippen LogP contribution in [0.3, 0.4) is 0 Å². The van der Waals surface area contributed by atoms with E-state index < -0.39 is 0 Å². The molecular weight excluding hydrogens is 292 g/mol. The summed E-state index contributed by atoms with van der Waals surface area (Å²) in [6.45, 7) is 3.84. The lowest BCUT2D eigenvalue weighted by Crippen LogP contribution is -2.24. The van der Waals surface area contributed by atoms with Crippen molar-refractivity contribution in [1.29, 1.82) is 0 Å². The van der Waals surface area contributed by atoms with Crippen LogP contribution in [0.5, 0.6) is 0 Å². The summed E-state index contributed by atoms with van der Waals surface area (Å²) in [7, 11) is 1.43. The predicted octanol–water partition coefficient (Wildman–Crippen LogP) is 2.78. The van der Waals surface area contributed by atoms with E-state index in [4.69, 9.17) is 0 Å². The molecule has 0 aliphatic carbocycles. The highest BCUT2D eigenvalue weighted by atomic mass is 16.2. The van der Waals surface area contributed by atoms with Gasteiger partial charge < -0.3 is 5.32 Å². The van der Waals surface area contributed by atoms with Crippen LogP contribution in [0.2, 0.25) is 0 Å². The van der Waals surface area contributed by atoms with Gasteiger partial charge in [0, 0.05) is 18.3 Å². The van der Waals surface area contributed by atoms with E-state index in [2.05, 4.69) is 5.32 Å². The van der Waals surface area contributed by atoms with E-state index in [1.54, 1.807) is 6.07 Å². The molecule has 5 heteroatoms. The van der Waals surface area contributed by atoms with E-state index in [-0.39, 0.29) is 23.3 Å². The van der Waals surface area contributed by atoms with Crippen LogP contribution in [0.4, 0.5) is 5.69 Å². The maximum atomic E-state index is 12.5. The summed E-state index contributed by atoms with van der Waals surface area (Å²) >= 11 is 0. The Bertz CT molecular complexity index is 835. The average molecular weight is 308 g/mol. The van der Waals surface area contributed by atoms with E-state index in [1.807, 2.05) is 32.0 Å². The summed E-state index contributed by atoms with van der Waals surface area (Å²) in [5.41, 5.74) is 3.64. The van der Waals surface area contributed by atoms with Gasteiger partial charge >= 0.3 is 0 Å². The molecule has 0 bridgehead atoms. The first-order valence-electron chi connectivity index (χ1n) is 7.24. The van der Waals surface area contributed by atoms with Crippen LogP contribution in [0.25, 0.3) is 0 Å². The number of imide groups is 1. The molecular formula is C18H16N2O3. The van der Waals surface area contributed by atoms with E-state index >= 15 is 0 Å². The standard InChI is InChI=1S/C18H16N2O3/c1-10-5-4-6-11(2)15(10)19-16(21)12-7-8-13-14(9-12)18(23)20(3)17(13)22/h4-9H,1-3H3,(H,19,21). The largest absolute Gasteiger partial charge is 0.322 e. The lowest BCUT2D eigenvalue weighted by atomic mass is 10.0. The fourth-order valence-corrected chi connectivity index (χ4v) is 2.70. The predicted molar refractivity (Wildman–Crippen MR) is 86.7 cm³/mol. The Morgan fingerprint density at radius 3 is 2.22 bits per heavy atom. The number of aryl methyl sites for hydroxylation is 2. The number of amides is 3. The van der Waals surface area contributed by atoms with Gasteiger partial charge in [0.25, 0.3) is 17.7 Å². The lowest BCUT2D eigenvalue weighted by Gasteiger charge is -2.11. The molecule has 1 heterocycles. The number of nitrogens with one attached hydrogen (secondary N) is 1. The summed E-state index contributed by atoms with van der Waals surface area (Å²) in [6.07, 6.45) is 0. The summed E-state index contributed by atoms with van der Waals surface area (Å²) in [5.74, 6) is -1.03. The average Bonchev–Trinajstić information content (AvgIpc) is 2.75. The number of hydrogen-bond acceptors (Lipinski definition) is 3.